The number of aliphatic carboxylic acids is 1. The van der Waals surface area contributed by atoms with Gasteiger partial charge in [0, 0.05) is 0 Å². The van der Waals surface area contributed by atoms with Gasteiger partial charge in [-0.1, -0.05) is 45.9 Å². The van der Waals surface area contributed by atoms with E-state index in [0.29, 0.717) is 12.2 Å². The first-order valence-corrected chi connectivity index (χ1v) is 7.56. The quantitative estimate of drug-likeness (QED) is 0.774. The summed E-state index contributed by atoms with van der Waals surface area (Å²) in [6, 6.07) is 8.15. The molecule has 0 saturated heterocycles. The summed E-state index contributed by atoms with van der Waals surface area (Å²) in [6.45, 7) is 7.57. The summed E-state index contributed by atoms with van der Waals surface area (Å²) in [5, 5.41) is 11.8. The van der Waals surface area contributed by atoms with Crippen molar-refractivity contribution in [2.75, 3.05) is 0 Å². The molecule has 22 heavy (non-hydrogen) atoms. The van der Waals surface area contributed by atoms with Gasteiger partial charge in [-0.2, -0.15) is 0 Å². The van der Waals surface area contributed by atoms with Crippen LogP contribution in [0.25, 0.3) is 0 Å². The molecule has 5 heteroatoms. The monoisotopic (exact) mass is 307 g/mol. The molecule has 0 radical (unpaired) electrons. The minimum Gasteiger partial charge on any atom is -0.480 e. The highest BCUT2D eigenvalue weighted by atomic mass is 16.5. The molecule has 0 spiro atoms. The highest BCUT2D eigenvalue weighted by Gasteiger charge is 2.29. The third-order valence-electron chi connectivity index (χ3n) is 3.19. The van der Waals surface area contributed by atoms with Gasteiger partial charge in [0.25, 0.3) is 5.91 Å². The largest absolute Gasteiger partial charge is 0.480 e. The summed E-state index contributed by atoms with van der Waals surface area (Å²) >= 11 is 0. The Hall–Kier alpha value is -2.04. The molecule has 1 aromatic carbocycles. The lowest BCUT2D eigenvalue weighted by molar-refractivity contribution is -0.144. The van der Waals surface area contributed by atoms with Crippen LogP contribution < -0.4 is 10.1 Å². The number of hydrogen-bond donors (Lipinski definition) is 2. The molecule has 0 bridgehead atoms. The highest BCUT2D eigenvalue weighted by Crippen LogP contribution is 2.16. The van der Waals surface area contributed by atoms with Gasteiger partial charge in [0.05, 0.1) is 0 Å². The second kappa shape index (κ2) is 8.41. The summed E-state index contributed by atoms with van der Waals surface area (Å²) in [5.41, 5.74) is 0. The third-order valence-corrected chi connectivity index (χ3v) is 3.19. The molecule has 0 saturated carbocycles. The van der Waals surface area contributed by atoms with Gasteiger partial charge in [0.15, 0.2) is 6.10 Å². The predicted octanol–water partition coefficient (Wildman–Crippen LogP) is 2.71. The predicted molar refractivity (Wildman–Crippen MR) is 84.7 cm³/mol. The number of amides is 1. The topological polar surface area (TPSA) is 75.6 Å². The van der Waals surface area contributed by atoms with Crippen LogP contribution >= 0.6 is 0 Å². The normalized spacial score (nSPS) is 13.7. The fourth-order valence-electron chi connectivity index (χ4n) is 2.08. The number of nitrogens with one attached hydrogen (secondary N) is 1. The number of hydrogen-bond acceptors (Lipinski definition) is 3. The number of benzene rings is 1. The van der Waals surface area contributed by atoms with Crippen molar-refractivity contribution in [3.05, 3.63) is 30.3 Å². The van der Waals surface area contributed by atoms with Crippen LogP contribution in [0.1, 0.15) is 34.1 Å². The fraction of sp³-hybridized carbons (Fsp3) is 0.529. The van der Waals surface area contributed by atoms with Crippen LogP contribution in [0.3, 0.4) is 0 Å². The Morgan fingerprint density at radius 2 is 1.73 bits per heavy atom. The molecular formula is C17H25NO4. The molecule has 1 rings (SSSR count). The first-order valence-electron chi connectivity index (χ1n) is 7.56. The Kier molecular flexibility index (Phi) is 6.89. The maximum Gasteiger partial charge on any atom is 0.326 e. The van der Waals surface area contributed by atoms with Crippen molar-refractivity contribution in [1.82, 2.24) is 5.32 Å². The first-order chi connectivity index (χ1) is 10.3. The molecule has 0 aliphatic heterocycles. The van der Waals surface area contributed by atoms with E-state index in [1.807, 2.05) is 45.9 Å². The number of rotatable bonds is 8. The number of carbonyl (C=O) groups is 2. The first kappa shape index (κ1) is 18.0. The summed E-state index contributed by atoms with van der Waals surface area (Å²) in [7, 11) is 0. The average Bonchev–Trinajstić information content (AvgIpc) is 2.44. The van der Waals surface area contributed by atoms with Crippen molar-refractivity contribution >= 4 is 11.9 Å². The van der Waals surface area contributed by atoms with Gasteiger partial charge in [-0.15, -0.1) is 0 Å². The van der Waals surface area contributed by atoms with Gasteiger partial charge in [-0.05, 0) is 30.4 Å². The van der Waals surface area contributed by atoms with Gasteiger partial charge in [0.2, 0.25) is 0 Å². The van der Waals surface area contributed by atoms with Gasteiger partial charge in [-0.3, -0.25) is 4.79 Å². The number of carboxylic acid groups (broad SMARTS) is 1. The van der Waals surface area contributed by atoms with Gasteiger partial charge >= 0.3 is 5.97 Å². The van der Waals surface area contributed by atoms with E-state index in [9.17, 15) is 14.7 Å². The maximum absolute atomic E-state index is 12.4. The van der Waals surface area contributed by atoms with Crippen LogP contribution in [0.15, 0.2) is 30.3 Å². The van der Waals surface area contributed by atoms with Crippen molar-refractivity contribution in [3.63, 3.8) is 0 Å². The summed E-state index contributed by atoms with van der Waals surface area (Å²) in [4.78, 5) is 23.7. The second-order valence-electron chi connectivity index (χ2n) is 6.12. The molecule has 5 nitrogen and oxygen atoms in total. The molecule has 2 N–H and O–H groups in total. The van der Waals surface area contributed by atoms with E-state index in [0.717, 1.165) is 0 Å². The van der Waals surface area contributed by atoms with E-state index in [1.165, 1.54) is 0 Å². The van der Waals surface area contributed by atoms with Crippen molar-refractivity contribution < 1.29 is 19.4 Å². The van der Waals surface area contributed by atoms with Crippen LogP contribution in [0.2, 0.25) is 0 Å². The molecule has 0 fully saturated rings. The Labute approximate surface area is 131 Å². The number of carboxylic acids is 1. The van der Waals surface area contributed by atoms with Crippen molar-refractivity contribution in [3.8, 4) is 5.75 Å². The van der Waals surface area contributed by atoms with E-state index < -0.39 is 24.0 Å². The summed E-state index contributed by atoms with van der Waals surface area (Å²) < 4.78 is 5.72. The van der Waals surface area contributed by atoms with E-state index >= 15 is 0 Å². The molecule has 122 valence electrons. The van der Waals surface area contributed by atoms with Gasteiger partial charge in [-0.25, -0.2) is 4.79 Å². The standard InChI is InChI=1S/C17H25NO4/c1-11(2)10-14(17(20)21)18-16(19)15(12(3)4)22-13-8-6-5-7-9-13/h5-9,11-12,14-15H,10H2,1-4H3,(H,18,19)(H,20,21). The fourth-order valence-corrected chi connectivity index (χ4v) is 2.08. The van der Waals surface area contributed by atoms with Crippen molar-refractivity contribution in [1.29, 1.82) is 0 Å². The maximum atomic E-state index is 12.4. The molecule has 0 aliphatic rings. The van der Waals surface area contributed by atoms with Crippen LogP contribution in [0, 0.1) is 11.8 Å². The van der Waals surface area contributed by atoms with Crippen LogP contribution in [-0.4, -0.2) is 29.1 Å². The van der Waals surface area contributed by atoms with Crippen LogP contribution in [-0.2, 0) is 9.59 Å². The van der Waals surface area contributed by atoms with E-state index in [2.05, 4.69) is 5.32 Å². The number of ether oxygens (including phenoxy) is 1. The zero-order chi connectivity index (χ0) is 16.7. The van der Waals surface area contributed by atoms with E-state index in [1.54, 1.807) is 12.1 Å². The second-order valence-corrected chi connectivity index (χ2v) is 6.12. The summed E-state index contributed by atoms with van der Waals surface area (Å²) in [5.74, 6) is -0.731. The Bertz CT molecular complexity index is 485. The van der Waals surface area contributed by atoms with Crippen molar-refractivity contribution in [2.45, 2.75) is 46.3 Å². The average molecular weight is 307 g/mol. The number of para-hydroxylation sites is 1. The Balaban J connectivity index is 2.78. The zero-order valence-electron chi connectivity index (χ0n) is 13.6. The molecule has 1 amide bonds. The Morgan fingerprint density at radius 3 is 2.18 bits per heavy atom. The van der Waals surface area contributed by atoms with Crippen LogP contribution in [0.4, 0.5) is 0 Å². The molecule has 1 aromatic rings. The van der Waals surface area contributed by atoms with E-state index in [-0.39, 0.29) is 11.8 Å². The molecule has 2 unspecified atom stereocenters. The lowest BCUT2D eigenvalue weighted by Crippen LogP contribution is -2.49. The molecular weight excluding hydrogens is 282 g/mol. The van der Waals surface area contributed by atoms with Gasteiger partial charge < -0.3 is 15.2 Å². The minimum absolute atomic E-state index is 0.0753. The molecule has 0 aliphatic carbocycles. The number of carbonyl (C=O) groups excluding carboxylic acids is 1. The van der Waals surface area contributed by atoms with Gasteiger partial charge in [0.1, 0.15) is 11.8 Å². The van der Waals surface area contributed by atoms with Crippen LogP contribution in [0.5, 0.6) is 5.75 Å². The van der Waals surface area contributed by atoms with Crippen molar-refractivity contribution in [2.24, 2.45) is 11.8 Å². The summed E-state index contributed by atoms with van der Waals surface area (Å²) in [6.07, 6.45) is -0.339. The minimum atomic E-state index is -1.02. The zero-order valence-corrected chi connectivity index (χ0v) is 13.6. The highest BCUT2D eigenvalue weighted by molar-refractivity contribution is 5.86. The SMILES string of the molecule is CC(C)CC(NC(=O)C(Oc1ccccc1)C(C)C)C(=O)O. The lowest BCUT2D eigenvalue weighted by atomic mass is 10.0. The lowest BCUT2D eigenvalue weighted by Gasteiger charge is -2.24. The Morgan fingerprint density at radius 1 is 1.14 bits per heavy atom. The molecule has 0 aromatic heterocycles. The molecule has 0 heterocycles. The third kappa shape index (κ3) is 5.76. The van der Waals surface area contributed by atoms with E-state index in [4.69, 9.17) is 4.74 Å². The smallest absolute Gasteiger partial charge is 0.326 e. The molecule has 2 atom stereocenters.